The first-order valence-electron chi connectivity index (χ1n) is 10.5. The molecule has 0 aliphatic carbocycles. The second kappa shape index (κ2) is 8.16. The van der Waals surface area contributed by atoms with Crippen molar-refractivity contribution in [1.82, 2.24) is 0 Å². The third-order valence-corrected chi connectivity index (χ3v) is 6.03. The van der Waals surface area contributed by atoms with Gasteiger partial charge in [0.15, 0.2) is 0 Å². The van der Waals surface area contributed by atoms with E-state index in [9.17, 15) is 0 Å². The molecule has 0 unspecified atom stereocenters. The Labute approximate surface area is 182 Å². The quantitative estimate of drug-likeness (QED) is 0.289. The minimum Gasteiger partial charge on any atom is -0.496 e. The van der Waals surface area contributed by atoms with Crippen molar-refractivity contribution in [3.05, 3.63) is 120 Å². The zero-order valence-corrected chi connectivity index (χ0v) is 17.7. The molecule has 0 saturated heterocycles. The Kier molecular flexibility index (Phi) is 5.05. The fourth-order valence-corrected chi connectivity index (χ4v) is 4.62. The summed E-state index contributed by atoms with van der Waals surface area (Å²) in [5.41, 5.74) is 3.78. The van der Waals surface area contributed by atoms with Crippen LogP contribution in [0.1, 0.15) is 22.6 Å². The lowest BCUT2D eigenvalue weighted by Gasteiger charge is -2.23. The standard InChI is InChI=1S/C29H24O2/c1-30-27-18-16-25(21-12-6-8-14-23(21)27)29(20-10-4-3-5-11-20)26-17-19-28(31-2)24-15-9-7-13-22(24)26/h3-19,29H,1-2H3. The first-order chi connectivity index (χ1) is 15.3. The first kappa shape index (κ1) is 19.2. The molecule has 5 rings (SSSR count). The molecular formula is C29H24O2. The van der Waals surface area contributed by atoms with E-state index >= 15 is 0 Å². The highest BCUT2D eigenvalue weighted by atomic mass is 16.5. The Balaban J connectivity index is 1.85. The third-order valence-electron chi connectivity index (χ3n) is 6.03. The van der Waals surface area contributed by atoms with Crippen LogP contribution in [-0.2, 0) is 0 Å². The van der Waals surface area contributed by atoms with Gasteiger partial charge in [-0.1, -0.05) is 91.0 Å². The summed E-state index contributed by atoms with van der Waals surface area (Å²) in [6.45, 7) is 0. The average molecular weight is 405 g/mol. The predicted molar refractivity (Wildman–Crippen MR) is 128 cm³/mol. The van der Waals surface area contributed by atoms with Crippen LogP contribution in [0.3, 0.4) is 0 Å². The van der Waals surface area contributed by atoms with Crippen LogP contribution < -0.4 is 9.47 Å². The highest BCUT2D eigenvalue weighted by molar-refractivity contribution is 5.95. The number of hydrogen-bond donors (Lipinski definition) is 0. The van der Waals surface area contributed by atoms with Crippen LogP contribution in [-0.4, -0.2) is 14.2 Å². The van der Waals surface area contributed by atoms with Gasteiger partial charge in [0.1, 0.15) is 11.5 Å². The molecule has 0 heterocycles. The van der Waals surface area contributed by atoms with E-state index < -0.39 is 0 Å². The summed E-state index contributed by atoms with van der Waals surface area (Å²) in [5.74, 6) is 1.87. The Hall–Kier alpha value is -3.78. The molecule has 0 fully saturated rings. The minimum absolute atomic E-state index is 0.0767. The van der Waals surface area contributed by atoms with Gasteiger partial charge in [0.05, 0.1) is 14.2 Å². The molecule has 2 nitrogen and oxygen atoms in total. The van der Waals surface area contributed by atoms with Crippen LogP contribution >= 0.6 is 0 Å². The van der Waals surface area contributed by atoms with Crippen LogP contribution in [0.4, 0.5) is 0 Å². The van der Waals surface area contributed by atoms with E-state index in [1.165, 1.54) is 27.5 Å². The van der Waals surface area contributed by atoms with Crippen molar-refractivity contribution in [3.63, 3.8) is 0 Å². The van der Waals surface area contributed by atoms with Crippen LogP contribution in [0.2, 0.25) is 0 Å². The van der Waals surface area contributed by atoms with Crippen LogP contribution in [0.5, 0.6) is 11.5 Å². The molecule has 0 bridgehead atoms. The van der Waals surface area contributed by atoms with Gasteiger partial charge in [-0.25, -0.2) is 0 Å². The topological polar surface area (TPSA) is 18.5 Å². The van der Waals surface area contributed by atoms with Crippen molar-refractivity contribution in [3.8, 4) is 11.5 Å². The smallest absolute Gasteiger partial charge is 0.126 e. The lowest BCUT2D eigenvalue weighted by molar-refractivity contribution is 0.419. The van der Waals surface area contributed by atoms with Gasteiger partial charge in [0.2, 0.25) is 0 Å². The van der Waals surface area contributed by atoms with Crippen molar-refractivity contribution < 1.29 is 9.47 Å². The molecule has 31 heavy (non-hydrogen) atoms. The van der Waals surface area contributed by atoms with Crippen LogP contribution in [0, 0.1) is 0 Å². The van der Waals surface area contributed by atoms with Gasteiger partial charge < -0.3 is 9.47 Å². The minimum atomic E-state index is 0.0767. The van der Waals surface area contributed by atoms with E-state index in [1.807, 2.05) is 0 Å². The van der Waals surface area contributed by atoms with E-state index in [1.54, 1.807) is 14.2 Å². The number of methoxy groups -OCH3 is 2. The molecule has 0 aromatic heterocycles. The summed E-state index contributed by atoms with van der Waals surface area (Å²) in [4.78, 5) is 0. The van der Waals surface area contributed by atoms with E-state index in [2.05, 4.69) is 103 Å². The molecule has 152 valence electrons. The molecular weight excluding hydrogens is 380 g/mol. The summed E-state index contributed by atoms with van der Waals surface area (Å²) < 4.78 is 11.3. The summed E-state index contributed by atoms with van der Waals surface area (Å²) in [6.07, 6.45) is 0. The Bertz CT molecular complexity index is 1270. The molecule has 0 amide bonds. The van der Waals surface area contributed by atoms with Gasteiger partial charge in [-0.2, -0.15) is 0 Å². The normalized spacial score (nSPS) is 11.2. The van der Waals surface area contributed by atoms with Crippen LogP contribution in [0.15, 0.2) is 103 Å². The third kappa shape index (κ3) is 3.30. The summed E-state index contributed by atoms with van der Waals surface area (Å²) in [6, 6.07) is 36.3. The SMILES string of the molecule is COc1ccc(C(c2ccccc2)c2ccc(OC)c3ccccc23)c2ccccc12. The molecule has 0 aliphatic heterocycles. The fourth-order valence-electron chi connectivity index (χ4n) is 4.62. The molecule has 0 spiro atoms. The lowest BCUT2D eigenvalue weighted by atomic mass is 9.80. The van der Waals surface area contributed by atoms with Gasteiger partial charge in [-0.05, 0) is 39.6 Å². The molecule has 0 atom stereocenters. The number of ether oxygens (including phenoxy) is 2. The van der Waals surface area contributed by atoms with Gasteiger partial charge in [-0.15, -0.1) is 0 Å². The summed E-state index contributed by atoms with van der Waals surface area (Å²) in [5, 5.41) is 4.66. The maximum Gasteiger partial charge on any atom is 0.126 e. The molecule has 0 N–H and O–H groups in total. The molecule has 5 aromatic rings. The predicted octanol–water partition coefficient (Wildman–Crippen LogP) is 7.19. The second-order valence-corrected chi connectivity index (χ2v) is 7.65. The van der Waals surface area contributed by atoms with Crippen LogP contribution in [0.25, 0.3) is 21.5 Å². The zero-order valence-electron chi connectivity index (χ0n) is 17.7. The monoisotopic (exact) mass is 404 g/mol. The summed E-state index contributed by atoms with van der Waals surface area (Å²) in [7, 11) is 3.46. The molecule has 0 aliphatic rings. The lowest BCUT2D eigenvalue weighted by Crippen LogP contribution is -2.06. The molecule has 0 radical (unpaired) electrons. The Morgan fingerprint density at radius 3 is 1.32 bits per heavy atom. The Morgan fingerprint density at radius 1 is 0.452 bits per heavy atom. The highest BCUT2D eigenvalue weighted by Crippen LogP contribution is 2.42. The number of hydrogen-bond acceptors (Lipinski definition) is 2. The average Bonchev–Trinajstić information content (AvgIpc) is 2.85. The summed E-state index contributed by atoms with van der Waals surface area (Å²) >= 11 is 0. The van der Waals surface area contributed by atoms with Gasteiger partial charge in [0.25, 0.3) is 0 Å². The Morgan fingerprint density at radius 2 is 0.871 bits per heavy atom. The number of benzene rings is 5. The largest absolute Gasteiger partial charge is 0.496 e. The van der Waals surface area contributed by atoms with Crippen molar-refractivity contribution in [2.45, 2.75) is 5.92 Å². The number of rotatable bonds is 5. The van der Waals surface area contributed by atoms with E-state index in [4.69, 9.17) is 9.47 Å². The second-order valence-electron chi connectivity index (χ2n) is 7.65. The highest BCUT2D eigenvalue weighted by Gasteiger charge is 2.22. The molecule has 2 heteroatoms. The maximum absolute atomic E-state index is 5.66. The van der Waals surface area contributed by atoms with Crippen molar-refractivity contribution >= 4 is 21.5 Å². The maximum atomic E-state index is 5.66. The van der Waals surface area contributed by atoms with Crippen molar-refractivity contribution in [2.75, 3.05) is 14.2 Å². The van der Waals surface area contributed by atoms with Gasteiger partial charge in [-0.3, -0.25) is 0 Å². The molecule has 0 saturated carbocycles. The zero-order chi connectivity index (χ0) is 21.2. The molecule has 5 aromatic carbocycles. The van der Waals surface area contributed by atoms with Gasteiger partial charge >= 0.3 is 0 Å². The van der Waals surface area contributed by atoms with Crippen molar-refractivity contribution in [2.24, 2.45) is 0 Å². The van der Waals surface area contributed by atoms with Crippen molar-refractivity contribution in [1.29, 1.82) is 0 Å². The first-order valence-corrected chi connectivity index (χ1v) is 10.5. The van der Waals surface area contributed by atoms with E-state index in [-0.39, 0.29) is 5.92 Å². The van der Waals surface area contributed by atoms with Gasteiger partial charge in [0, 0.05) is 16.7 Å². The van der Waals surface area contributed by atoms with E-state index in [0.717, 1.165) is 22.3 Å². The van der Waals surface area contributed by atoms with E-state index in [0.29, 0.717) is 0 Å². The number of fused-ring (bicyclic) bond motifs is 2. The fraction of sp³-hybridized carbons (Fsp3) is 0.103.